The number of hydrogen-bond donors (Lipinski definition) is 4. The van der Waals surface area contributed by atoms with E-state index < -0.39 is 6.03 Å². The van der Waals surface area contributed by atoms with Crippen molar-refractivity contribution < 1.29 is 14.6 Å². The maximum Gasteiger partial charge on any atom is 0.320 e. The molecule has 0 aliphatic carbocycles. The highest BCUT2D eigenvalue weighted by molar-refractivity contribution is 6.42. The maximum absolute atomic E-state index is 12.3. The minimum absolute atomic E-state index is 0.261. The number of aromatic nitrogens is 3. The number of aromatic amines is 1. The number of ether oxygens (including phenoxy) is 1. The van der Waals surface area contributed by atoms with Crippen LogP contribution in [0.5, 0.6) is 5.88 Å². The summed E-state index contributed by atoms with van der Waals surface area (Å²) in [4.78, 5) is 16.6. The summed E-state index contributed by atoms with van der Waals surface area (Å²) in [6.07, 6.45) is 0. The molecule has 0 bridgehead atoms. The van der Waals surface area contributed by atoms with Crippen LogP contribution in [0.25, 0.3) is 10.9 Å². The number of rotatable bonds is 5. The number of carbonyl (C=O) groups is 1. The van der Waals surface area contributed by atoms with Gasteiger partial charge in [0.25, 0.3) is 0 Å². The SMILES string of the molecule is COc1n[nH]c2cc(NC(=O)N[C@H](C)c3ccc(Cl)c(Cl)c3)nc(CO)c12. The second-order valence-corrected chi connectivity index (χ2v) is 6.58. The van der Waals surface area contributed by atoms with Crippen LogP contribution in [0, 0.1) is 0 Å². The van der Waals surface area contributed by atoms with Crippen molar-refractivity contribution in [3.63, 3.8) is 0 Å². The Hall–Kier alpha value is -2.55. The Morgan fingerprint density at radius 1 is 1.33 bits per heavy atom. The molecule has 1 aromatic carbocycles. The summed E-state index contributed by atoms with van der Waals surface area (Å²) < 4.78 is 5.14. The van der Waals surface area contributed by atoms with Crippen LogP contribution in [0.3, 0.4) is 0 Å². The number of anilines is 1. The number of amides is 2. The van der Waals surface area contributed by atoms with Crippen LogP contribution in [0.2, 0.25) is 10.0 Å². The van der Waals surface area contributed by atoms with Gasteiger partial charge in [-0.3, -0.25) is 10.4 Å². The maximum atomic E-state index is 12.3. The Morgan fingerprint density at radius 2 is 2.11 bits per heavy atom. The molecule has 0 aliphatic rings. The first kappa shape index (κ1) is 19.2. The van der Waals surface area contributed by atoms with Crippen molar-refractivity contribution in [3.8, 4) is 5.88 Å². The number of H-pyrrole nitrogens is 1. The Bertz CT molecular complexity index is 992. The first-order chi connectivity index (χ1) is 12.9. The minimum atomic E-state index is -0.462. The van der Waals surface area contributed by atoms with Gasteiger partial charge in [0.2, 0.25) is 5.88 Å². The molecule has 3 rings (SSSR count). The molecular formula is C17H17Cl2N5O3. The number of benzene rings is 1. The molecule has 2 heterocycles. The van der Waals surface area contributed by atoms with Gasteiger partial charge in [0.05, 0.1) is 46.4 Å². The standard InChI is InChI=1S/C17H17Cl2N5O3/c1-8(9-3-4-10(18)11(19)5-9)20-17(26)22-14-6-12-15(13(7-25)21-14)16(27-2)24-23-12/h3-6,8,25H,7H2,1-2H3,(H,23,24)(H2,20,21,22,26)/t8-/m1/s1. The number of nitrogens with one attached hydrogen (secondary N) is 3. The molecule has 27 heavy (non-hydrogen) atoms. The molecule has 142 valence electrons. The van der Waals surface area contributed by atoms with E-state index in [4.69, 9.17) is 27.9 Å². The first-order valence-corrected chi connectivity index (χ1v) is 8.73. The van der Waals surface area contributed by atoms with Gasteiger partial charge in [-0.25, -0.2) is 9.78 Å². The van der Waals surface area contributed by atoms with E-state index >= 15 is 0 Å². The fourth-order valence-corrected chi connectivity index (χ4v) is 2.94. The average molecular weight is 410 g/mol. The normalized spacial score (nSPS) is 12.0. The molecule has 3 aromatic rings. The number of nitrogens with zero attached hydrogens (tertiary/aromatic N) is 2. The van der Waals surface area contributed by atoms with Gasteiger partial charge in [0, 0.05) is 6.07 Å². The summed E-state index contributed by atoms with van der Waals surface area (Å²) in [5, 5.41) is 23.2. The summed E-state index contributed by atoms with van der Waals surface area (Å²) in [6.45, 7) is 1.48. The average Bonchev–Trinajstić information content (AvgIpc) is 3.06. The van der Waals surface area contributed by atoms with E-state index in [0.29, 0.717) is 32.5 Å². The Balaban J connectivity index is 1.76. The third-order valence-electron chi connectivity index (χ3n) is 3.96. The van der Waals surface area contributed by atoms with Crippen molar-refractivity contribution in [1.82, 2.24) is 20.5 Å². The van der Waals surface area contributed by atoms with E-state index in [2.05, 4.69) is 25.8 Å². The quantitative estimate of drug-likeness (QED) is 0.513. The van der Waals surface area contributed by atoms with Crippen LogP contribution in [-0.4, -0.2) is 33.4 Å². The minimum Gasteiger partial charge on any atom is -0.479 e. The predicted molar refractivity (Wildman–Crippen MR) is 103 cm³/mol. The number of pyridine rings is 1. The smallest absolute Gasteiger partial charge is 0.320 e. The highest BCUT2D eigenvalue weighted by Gasteiger charge is 2.16. The highest BCUT2D eigenvalue weighted by atomic mass is 35.5. The summed E-state index contributed by atoms with van der Waals surface area (Å²) in [6, 6.07) is 5.98. The van der Waals surface area contributed by atoms with Crippen LogP contribution in [0.4, 0.5) is 10.6 Å². The molecule has 0 radical (unpaired) electrons. The van der Waals surface area contributed by atoms with Crippen molar-refractivity contribution >= 4 is 46.0 Å². The zero-order valence-corrected chi connectivity index (χ0v) is 16.0. The number of urea groups is 1. The van der Waals surface area contributed by atoms with Crippen molar-refractivity contribution in [1.29, 1.82) is 0 Å². The van der Waals surface area contributed by atoms with E-state index in [1.54, 1.807) is 24.3 Å². The van der Waals surface area contributed by atoms with Crippen molar-refractivity contribution in [2.75, 3.05) is 12.4 Å². The van der Waals surface area contributed by atoms with Crippen molar-refractivity contribution in [3.05, 3.63) is 45.6 Å². The fourth-order valence-electron chi connectivity index (χ4n) is 2.63. The zero-order chi connectivity index (χ0) is 19.6. The molecule has 0 fully saturated rings. The number of aliphatic hydroxyl groups excluding tert-OH is 1. The van der Waals surface area contributed by atoms with Gasteiger partial charge in [0.1, 0.15) is 5.82 Å². The van der Waals surface area contributed by atoms with Gasteiger partial charge >= 0.3 is 6.03 Å². The Labute approximate surface area is 164 Å². The van der Waals surface area contributed by atoms with Crippen LogP contribution >= 0.6 is 23.2 Å². The van der Waals surface area contributed by atoms with E-state index in [1.165, 1.54) is 7.11 Å². The van der Waals surface area contributed by atoms with Gasteiger partial charge in [-0.2, -0.15) is 0 Å². The second kappa shape index (κ2) is 7.99. The van der Waals surface area contributed by atoms with Crippen LogP contribution < -0.4 is 15.4 Å². The fraction of sp³-hybridized carbons (Fsp3) is 0.235. The monoisotopic (exact) mass is 409 g/mol. The molecule has 4 N–H and O–H groups in total. The number of methoxy groups -OCH3 is 1. The van der Waals surface area contributed by atoms with Gasteiger partial charge < -0.3 is 15.2 Å². The molecule has 8 nitrogen and oxygen atoms in total. The van der Waals surface area contributed by atoms with E-state index in [0.717, 1.165) is 5.56 Å². The molecule has 10 heteroatoms. The van der Waals surface area contributed by atoms with Crippen LogP contribution in [0.1, 0.15) is 24.2 Å². The molecule has 0 aliphatic heterocycles. The molecule has 2 aromatic heterocycles. The lowest BCUT2D eigenvalue weighted by Gasteiger charge is -2.16. The summed E-state index contributed by atoms with van der Waals surface area (Å²) >= 11 is 11.9. The molecule has 0 saturated heterocycles. The van der Waals surface area contributed by atoms with E-state index in [1.807, 2.05) is 6.92 Å². The number of halogens is 2. The topological polar surface area (TPSA) is 112 Å². The Morgan fingerprint density at radius 3 is 2.78 bits per heavy atom. The van der Waals surface area contributed by atoms with Crippen LogP contribution in [0.15, 0.2) is 24.3 Å². The number of fused-ring (bicyclic) bond motifs is 1. The lowest BCUT2D eigenvalue weighted by atomic mass is 10.1. The van der Waals surface area contributed by atoms with Gasteiger partial charge in [-0.05, 0) is 24.6 Å². The van der Waals surface area contributed by atoms with E-state index in [-0.39, 0.29) is 18.5 Å². The largest absolute Gasteiger partial charge is 0.479 e. The zero-order valence-electron chi connectivity index (χ0n) is 14.5. The van der Waals surface area contributed by atoms with Crippen molar-refractivity contribution in [2.45, 2.75) is 19.6 Å². The highest BCUT2D eigenvalue weighted by Crippen LogP contribution is 2.28. The molecular weight excluding hydrogens is 393 g/mol. The lowest BCUT2D eigenvalue weighted by Crippen LogP contribution is -2.31. The molecule has 0 saturated carbocycles. The van der Waals surface area contributed by atoms with Crippen molar-refractivity contribution in [2.24, 2.45) is 0 Å². The summed E-state index contributed by atoms with van der Waals surface area (Å²) in [5.41, 5.74) is 1.72. The molecule has 1 atom stereocenters. The lowest BCUT2D eigenvalue weighted by molar-refractivity contribution is 0.249. The van der Waals surface area contributed by atoms with Crippen LogP contribution in [-0.2, 0) is 6.61 Å². The summed E-state index contributed by atoms with van der Waals surface area (Å²) in [5.74, 6) is 0.586. The Kier molecular flexibility index (Phi) is 5.69. The van der Waals surface area contributed by atoms with Gasteiger partial charge in [-0.15, -0.1) is 5.10 Å². The molecule has 0 unspecified atom stereocenters. The number of hydrogen-bond acceptors (Lipinski definition) is 5. The van der Waals surface area contributed by atoms with E-state index in [9.17, 15) is 9.90 Å². The molecule has 0 spiro atoms. The third kappa shape index (κ3) is 4.08. The number of carbonyl (C=O) groups excluding carboxylic acids is 1. The van der Waals surface area contributed by atoms with Gasteiger partial charge in [-0.1, -0.05) is 29.3 Å². The summed E-state index contributed by atoms with van der Waals surface area (Å²) in [7, 11) is 1.47. The number of aliphatic hydroxyl groups is 1. The van der Waals surface area contributed by atoms with Gasteiger partial charge in [0.15, 0.2) is 0 Å². The molecule has 2 amide bonds. The third-order valence-corrected chi connectivity index (χ3v) is 4.70. The first-order valence-electron chi connectivity index (χ1n) is 7.98. The second-order valence-electron chi connectivity index (χ2n) is 5.76. The predicted octanol–water partition coefficient (Wildman–Crippen LogP) is 3.65.